The predicted molar refractivity (Wildman–Crippen MR) is 264 cm³/mol. The number of thiophene rings is 1. The average molecular weight is 821 g/mol. The summed E-state index contributed by atoms with van der Waals surface area (Å²) in [5.41, 5.74) is 12.5. The van der Waals surface area contributed by atoms with Crippen LogP contribution < -0.4 is 0 Å². The van der Waals surface area contributed by atoms with Crippen molar-refractivity contribution in [2.75, 3.05) is 0 Å². The van der Waals surface area contributed by atoms with E-state index in [1.54, 1.807) is 0 Å². The zero-order chi connectivity index (χ0) is 41.7. The zero-order valence-corrected chi connectivity index (χ0v) is 34.8. The van der Waals surface area contributed by atoms with Gasteiger partial charge in [0.15, 0.2) is 17.5 Å². The molecular weight excluding hydrogens is 785 g/mol. The summed E-state index contributed by atoms with van der Waals surface area (Å²) < 4.78 is 2.58. The molecule has 0 saturated carbocycles. The van der Waals surface area contributed by atoms with Crippen molar-refractivity contribution >= 4 is 53.2 Å². The van der Waals surface area contributed by atoms with Gasteiger partial charge in [-0.15, -0.1) is 11.3 Å². The SMILES string of the molecule is c1ccc(-c2ccc(-c3nc(-c4ccc(-c5ccc6c(c5)nc(-c5ccccc5)c5ccc7sc8ccccc8c7c56)cc4)nc(-c4ccccc4-c4ccccc4)n3)cc2)cc1. The summed E-state index contributed by atoms with van der Waals surface area (Å²) in [4.78, 5) is 20.8. The normalized spacial score (nSPS) is 11.5. The maximum Gasteiger partial charge on any atom is 0.164 e. The standard InChI is InChI=1S/C58H36N4S/c1-4-14-37(15-5-1)38-24-28-42(29-25-38)56-60-57(62-58(61-56)46-21-11-10-20-45(46)40-16-6-2-7-17-40)43-30-26-39(27-31-43)44-32-33-47-50(36-44)59-55(41-18-8-3-9-19-41)49-34-35-52-54(53(47)49)48-22-12-13-23-51(48)63-52/h1-36H. The maximum atomic E-state index is 5.40. The summed E-state index contributed by atoms with van der Waals surface area (Å²) in [5.74, 6) is 1.86. The maximum absolute atomic E-state index is 5.40. The van der Waals surface area contributed by atoms with E-state index >= 15 is 0 Å². The smallest absolute Gasteiger partial charge is 0.164 e. The Morgan fingerprint density at radius 2 is 0.762 bits per heavy atom. The Bertz CT molecular complexity index is 3640. The van der Waals surface area contributed by atoms with Crippen LogP contribution in [0.25, 0.3) is 121 Å². The number of rotatable bonds is 7. The zero-order valence-electron chi connectivity index (χ0n) is 34.0. The van der Waals surface area contributed by atoms with Gasteiger partial charge in [0.1, 0.15) is 0 Å². The van der Waals surface area contributed by atoms with E-state index in [4.69, 9.17) is 19.9 Å². The summed E-state index contributed by atoms with van der Waals surface area (Å²) in [6.45, 7) is 0. The lowest BCUT2D eigenvalue weighted by molar-refractivity contribution is 1.07. The van der Waals surface area contributed by atoms with Gasteiger partial charge in [-0.1, -0.05) is 200 Å². The molecule has 0 aliphatic carbocycles. The van der Waals surface area contributed by atoms with E-state index in [1.165, 1.54) is 31.1 Å². The van der Waals surface area contributed by atoms with Crippen LogP contribution in [0, 0.1) is 0 Å². The van der Waals surface area contributed by atoms with Crippen LogP contribution in [0.4, 0.5) is 0 Å². The lowest BCUT2D eigenvalue weighted by Gasteiger charge is -2.13. The van der Waals surface area contributed by atoms with Crippen LogP contribution in [0.3, 0.4) is 0 Å². The van der Waals surface area contributed by atoms with Gasteiger partial charge in [-0.3, -0.25) is 0 Å². The molecule has 3 aromatic heterocycles. The van der Waals surface area contributed by atoms with Crippen LogP contribution in [-0.4, -0.2) is 19.9 Å². The molecule has 63 heavy (non-hydrogen) atoms. The first-order valence-corrected chi connectivity index (χ1v) is 21.9. The third-order valence-corrected chi connectivity index (χ3v) is 13.1. The van der Waals surface area contributed by atoms with Crippen LogP contribution >= 0.6 is 11.3 Å². The Kier molecular flexibility index (Phi) is 8.98. The van der Waals surface area contributed by atoms with Crippen LogP contribution in [0.15, 0.2) is 218 Å². The molecule has 0 radical (unpaired) electrons. The molecule has 0 spiro atoms. The Labute approximate surface area is 368 Å². The number of hydrogen-bond donors (Lipinski definition) is 0. The average Bonchev–Trinajstić information content (AvgIpc) is 3.76. The van der Waals surface area contributed by atoms with Gasteiger partial charge in [0.2, 0.25) is 0 Å². The molecule has 0 saturated heterocycles. The number of aromatic nitrogens is 4. The Morgan fingerprint density at radius 3 is 1.44 bits per heavy atom. The fourth-order valence-electron chi connectivity index (χ4n) is 8.86. The molecule has 0 aliphatic rings. The number of fused-ring (bicyclic) bond motifs is 7. The van der Waals surface area contributed by atoms with Crippen molar-refractivity contribution < 1.29 is 0 Å². The van der Waals surface area contributed by atoms with E-state index in [9.17, 15) is 0 Å². The second kappa shape index (κ2) is 15.4. The lowest BCUT2D eigenvalue weighted by atomic mass is 9.94. The molecule has 0 fully saturated rings. The molecule has 0 N–H and O–H groups in total. The quantitative estimate of drug-likeness (QED) is 0.150. The largest absolute Gasteiger partial charge is 0.247 e. The Morgan fingerprint density at radius 1 is 0.270 bits per heavy atom. The van der Waals surface area contributed by atoms with Crippen molar-refractivity contribution in [3.8, 4) is 78.8 Å². The van der Waals surface area contributed by atoms with Crippen molar-refractivity contribution in [3.63, 3.8) is 0 Å². The highest BCUT2D eigenvalue weighted by molar-refractivity contribution is 7.26. The van der Waals surface area contributed by atoms with Crippen LogP contribution in [-0.2, 0) is 0 Å². The molecule has 12 aromatic rings. The Hall–Kier alpha value is -8.12. The third kappa shape index (κ3) is 6.63. The molecule has 0 atom stereocenters. The molecule has 294 valence electrons. The minimum atomic E-state index is 0.614. The fraction of sp³-hybridized carbons (Fsp3) is 0. The van der Waals surface area contributed by atoms with Gasteiger partial charge in [-0.25, -0.2) is 19.9 Å². The first-order chi connectivity index (χ1) is 31.2. The van der Waals surface area contributed by atoms with Gasteiger partial charge in [0.05, 0.1) is 11.2 Å². The van der Waals surface area contributed by atoms with E-state index < -0.39 is 0 Å². The van der Waals surface area contributed by atoms with E-state index in [0.29, 0.717) is 17.5 Å². The number of pyridine rings is 1. The van der Waals surface area contributed by atoms with Gasteiger partial charge >= 0.3 is 0 Å². The minimum Gasteiger partial charge on any atom is -0.247 e. The highest BCUT2D eigenvalue weighted by atomic mass is 32.1. The predicted octanol–water partition coefficient (Wildman–Crippen LogP) is 15.6. The molecule has 9 aromatic carbocycles. The van der Waals surface area contributed by atoms with E-state index in [1.807, 2.05) is 29.5 Å². The van der Waals surface area contributed by atoms with Gasteiger partial charge in [-0.05, 0) is 51.6 Å². The van der Waals surface area contributed by atoms with Crippen molar-refractivity contribution in [3.05, 3.63) is 218 Å². The molecule has 5 heteroatoms. The van der Waals surface area contributed by atoms with E-state index in [0.717, 1.165) is 72.1 Å². The third-order valence-electron chi connectivity index (χ3n) is 12.0. The number of hydrogen-bond acceptors (Lipinski definition) is 5. The van der Waals surface area contributed by atoms with Crippen LogP contribution in [0.1, 0.15) is 0 Å². The second-order valence-corrected chi connectivity index (χ2v) is 16.8. The highest BCUT2D eigenvalue weighted by Gasteiger charge is 2.19. The molecular formula is C58H36N4S. The van der Waals surface area contributed by atoms with Gasteiger partial charge in [0, 0.05) is 58.6 Å². The molecule has 0 aliphatic heterocycles. The van der Waals surface area contributed by atoms with Gasteiger partial charge < -0.3 is 0 Å². The first-order valence-electron chi connectivity index (χ1n) is 21.1. The molecule has 3 heterocycles. The van der Waals surface area contributed by atoms with E-state index in [-0.39, 0.29) is 0 Å². The molecule has 0 bridgehead atoms. The fourth-order valence-corrected chi connectivity index (χ4v) is 9.98. The highest BCUT2D eigenvalue weighted by Crippen LogP contribution is 2.44. The second-order valence-electron chi connectivity index (χ2n) is 15.8. The van der Waals surface area contributed by atoms with Crippen LogP contribution in [0.5, 0.6) is 0 Å². The van der Waals surface area contributed by atoms with Crippen molar-refractivity contribution in [2.45, 2.75) is 0 Å². The monoisotopic (exact) mass is 820 g/mol. The number of nitrogens with zero attached hydrogens (tertiary/aromatic N) is 4. The summed E-state index contributed by atoms with van der Waals surface area (Å²) >= 11 is 1.85. The van der Waals surface area contributed by atoms with E-state index in [2.05, 4.69) is 200 Å². The molecule has 0 unspecified atom stereocenters. The van der Waals surface area contributed by atoms with Crippen LogP contribution in [0.2, 0.25) is 0 Å². The number of benzene rings is 9. The molecule has 0 amide bonds. The molecule has 12 rings (SSSR count). The topological polar surface area (TPSA) is 51.6 Å². The lowest BCUT2D eigenvalue weighted by Crippen LogP contribution is -2.01. The Balaban J connectivity index is 0.978. The van der Waals surface area contributed by atoms with Crippen molar-refractivity contribution in [1.82, 2.24) is 19.9 Å². The van der Waals surface area contributed by atoms with Gasteiger partial charge in [-0.2, -0.15) is 0 Å². The molecule has 4 nitrogen and oxygen atoms in total. The van der Waals surface area contributed by atoms with Crippen molar-refractivity contribution in [1.29, 1.82) is 0 Å². The van der Waals surface area contributed by atoms with Gasteiger partial charge in [0.25, 0.3) is 0 Å². The van der Waals surface area contributed by atoms with Crippen molar-refractivity contribution in [2.24, 2.45) is 0 Å². The summed E-state index contributed by atoms with van der Waals surface area (Å²) in [6, 6.07) is 76.7. The minimum absolute atomic E-state index is 0.614. The summed E-state index contributed by atoms with van der Waals surface area (Å²) in [6.07, 6.45) is 0. The summed E-state index contributed by atoms with van der Waals surface area (Å²) in [5, 5.41) is 6.14. The first kappa shape index (κ1) is 36.7. The summed E-state index contributed by atoms with van der Waals surface area (Å²) in [7, 11) is 0.